The average Bonchev–Trinajstić information content (AvgIpc) is 2.35. The molecule has 0 unspecified atom stereocenters. The van der Waals surface area contributed by atoms with E-state index in [1.807, 2.05) is 12.3 Å². The molecule has 0 fully saturated rings. The molecule has 0 aliphatic heterocycles. The molecule has 88 valence electrons. The van der Waals surface area contributed by atoms with Crippen molar-refractivity contribution in [1.29, 1.82) is 0 Å². The quantitative estimate of drug-likeness (QED) is 0.595. The Morgan fingerprint density at radius 3 is 2.69 bits per heavy atom. The number of rotatable bonds is 4. The van der Waals surface area contributed by atoms with Gasteiger partial charge in [0, 0.05) is 25.5 Å². The van der Waals surface area contributed by atoms with Crippen LogP contribution in [0.25, 0.3) is 0 Å². The maximum Gasteiger partial charge on any atom is 0.159 e. The molecule has 0 N–H and O–H groups in total. The summed E-state index contributed by atoms with van der Waals surface area (Å²) in [6.45, 7) is 7.02. The first-order valence-electron chi connectivity index (χ1n) is 5.54. The monoisotopic (exact) mass is 237 g/mol. The summed E-state index contributed by atoms with van der Waals surface area (Å²) in [5.74, 6) is 0. The lowest BCUT2D eigenvalue weighted by Gasteiger charge is -2.21. The lowest BCUT2D eigenvalue weighted by Crippen LogP contribution is -2.28. The normalized spacial score (nSPS) is 11.6. The molecular formula is C12H19N3S. The van der Waals surface area contributed by atoms with Crippen molar-refractivity contribution in [2.24, 2.45) is 4.99 Å². The molecule has 0 atom stereocenters. The molecule has 1 heterocycles. The molecule has 1 rings (SSSR count). The largest absolute Gasteiger partial charge is 0.352 e. The second kappa shape index (κ2) is 7.28. The van der Waals surface area contributed by atoms with Crippen LogP contribution in [0, 0.1) is 0 Å². The number of pyridine rings is 1. The molecule has 1 aromatic heterocycles. The van der Waals surface area contributed by atoms with Gasteiger partial charge in [0.1, 0.15) is 0 Å². The summed E-state index contributed by atoms with van der Waals surface area (Å²) in [7, 11) is 0. The molecule has 0 saturated heterocycles. The van der Waals surface area contributed by atoms with Gasteiger partial charge in [-0.1, -0.05) is 17.8 Å². The summed E-state index contributed by atoms with van der Waals surface area (Å²) >= 11 is 1.70. The zero-order chi connectivity index (χ0) is 11.8. The number of hydrogen-bond acceptors (Lipinski definition) is 3. The molecule has 0 bridgehead atoms. The van der Waals surface area contributed by atoms with Crippen LogP contribution in [0.4, 0.5) is 0 Å². The van der Waals surface area contributed by atoms with Crippen LogP contribution in [0.1, 0.15) is 19.4 Å². The van der Waals surface area contributed by atoms with Crippen LogP contribution in [0.15, 0.2) is 29.5 Å². The first-order chi connectivity index (χ1) is 7.81. The maximum absolute atomic E-state index is 4.62. The first kappa shape index (κ1) is 13.0. The van der Waals surface area contributed by atoms with E-state index in [1.165, 1.54) is 0 Å². The highest BCUT2D eigenvalue weighted by molar-refractivity contribution is 8.13. The molecule has 16 heavy (non-hydrogen) atoms. The fourth-order valence-corrected chi connectivity index (χ4v) is 2.15. The van der Waals surface area contributed by atoms with Crippen molar-refractivity contribution >= 4 is 16.9 Å². The summed E-state index contributed by atoms with van der Waals surface area (Å²) in [5.41, 5.74) is 1.15. The zero-order valence-corrected chi connectivity index (χ0v) is 11.0. The van der Waals surface area contributed by atoms with E-state index < -0.39 is 0 Å². The molecule has 0 aliphatic carbocycles. The van der Waals surface area contributed by atoms with Crippen molar-refractivity contribution in [3.05, 3.63) is 30.1 Å². The van der Waals surface area contributed by atoms with Crippen LogP contribution < -0.4 is 0 Å². The molecule has 0 amide bonds. The SMILES string of the molecule is CCN(CC)C(=NCc1cccnc1)SC. The van der Waals surface area contributed by atoms with Gasteiger partial charge in [-0.05, 0) is 31.7 Å². The molecule has 0 aromatic carbocycles. The number of thioether (sulfide) groups is 1. The Kier molecular flexibility index (Phi) is 5.93. The Hall–Kier alpha value is -1.03. The Balaban J connectivity index is 2.66. The van der Waals surface area contributed by atoms with Gasteiger partial charge in [-0.2, -0.15) is 0 Å². The molecule has 0 radical (unpaired) electrons. The molecule has 1 aromatic rings. The van der Waals surface area contributed by atoms with Gasteiger partial charge in [-0.25, -0.2) is 0 Å². The average molecular weight is 237 g/mol. The van der Waals surface area contributed by atoms with Crippen molar-refractivity contribution in [2.75, 3.05) is 19.3 Å². The Morgan fingerprint density at radius 2 is 2.19 bits per heavy atom. The Morgan fingerprint density at radius 1 is 1.44 bits per heavy atom. The van der Waals surface area contributed by atoms with Crippen molar-refractivity contribution in [1.82, 2.24) is 9.88 Å². The van der Waals surface area contributed by atoms with E-state index in [9.17, 15) is 0 Å². The zero-order valence-electron chi connectivity index (χ0n) is 10.2. The number of aromatic nitrogens is 1. The van der Waals surface area contributed by atoms with E-state index in [2.05, 4.69) is 41.0 Å². The fraction of sp³-hybridized carbons (Fsp3) is 0.500. The van der Waals surface area contributed by atoms with Gasteiger partial charge in [0.05, 0.1) is 6.54 Å². The second-order valence-corrected chi connectivity index (χ2v) is 4.11. The third-order valence-corrected chi connectivity index (χ3v) is 3.09. The van der Waals surface area contributed by atoms with E-state index in [4.69, 9.17) is 0 Å². The van der Waals surface area contributed by atoms with Crippen LogP contribution >= 0.6 is 11.8 Å². The summed E-state index contributed by atoms with van der Waals surface area (Å²) < 4.78 is 0. The van der Waals surface area contributed by atoms with E-state index in [-0.39, 0.29) is 0 Å². The first-order valence-corrected chi connectivity index (χ1v) is 6.76. The number of hydrogen-bond donors (Lipinski definition) is 0. The minimum Gasteiger partial charge on any atom is -0.352 e. The highest BCUT2D eigenvalue weighted by Gasteiger charge is 2.04. The van der Waals surface area contributed by atoms with Gasteiger partial charge in [-0.3, -0.25) is 9.98 Å². The second-order valence-electron chi connectivity index (χ2n) is 3.34. The Bertz CT molecular complexity index is 320. The molecule has 0 saturated carbocycles. The number of amidine groups is 1. The highest BCUT2D eigenvalue weighted by Crippen LogP contribution is 2.07. The van der Waals surface area contributed by atoms with Crippen molar-refractivity contribution in [2.45, 2.75) is 20.4 Å². The van der Waals surface area contributed by atoms with Gasteiger partial charge in [0.25, 0.3) is 0 Å². The van der Waals surface area contributed by atoms with E-state index in [0.29, 0.717) is 6.54 Å². The fourth-order valence-electron chi connectivity index (χ4n) is 1.44. The Labute approximate surface area is 102 Å². The topological polar surface area (TPSA) is 28.5 Å². The maximum atomic E-state index is 4.62. The predicted octanol–water partition coefficient (Wildman–Crippen LogP) is 2.64. The summed E-state index contributed by atoms with van der Waals surface area (Å²) in [6, 6.07) is 4.00. The molecule has 0 spiro atoms. The van der Waals surface area contributed by atoms with Crippen molar-refractivity contribution < 1.29 is 0 Å². The molecule has 0 aliphatic rings. The number of aliphatic imine (C=N–C) groups is 1. The van der Waals surface area contributed by atoms with Gasteiger partial charge >= 0.3 is 0 Å². The summed E-state index contributed by atoms with van der Waals surface area (Å²) in [4.78, 5) is 11.0. The summed E-state index contributed by atoms with van der Waals surface area (Å²) in [6.07, 6.45) is 5.72. The van der Waals surface area contributed by atoms with Gasteiger partial charge in [-0.15, -0.1) is 0 Å². The van der Waals surface area contributed by atoms with E-state index in [0.717, 1.165) is 23.8 Å². The lowest BCUT2D eigenvalue weighted by molar-refractivity contribution is 0.473. The van der Waals surface area contributed by atoms with Gasteiger partial charge < -0.3 is 4.90 Å². The van der Waals surface area contributed by atoms with Crippen LogP contribution in [-0.2, 0) is 6.54 Å². The highest BCUT2D eigenvalue weighted by atomic mass is 32.2. The van der Waals surface area contributed by atoms with Gasteiger partial charge in [0.15, 0.2) is 5.17 Å². The molecular weight excluding hydrogens is 218 g/mol. The smallest absolute Gasteiger partial charge is 0.159 e. The van der Waals surface area contributed by atoms with E-state index >= 15 is 0 Å². The van der Waals surface area contributed by atoms with Crippen LogP contribution in [0.5, 0.6) is 0 Å². The third kappa shape index (κ3) is 3.85. The third-order valence-electron chi connectivity index (χ3n) is 2.34. The van der Waals surface area contributed by atoms with Crippen LogP contribution in [0.2, 0.25) is 0 Å². The molecule has 3 nitrogen and oxygen atoms in total. The lowest BCUT2D eigenvalue weighted by atomic mass is 10.3. The minimum absolute atomic E-state index is 0.709. The van der Waals surface area contributed by atoms with Crippen LogP contribution in [0.3, 0.4) is 0 Å². The standard InChI is InChI=1S/C12H19N3S/c1-4-15(5-2)12(16-3)14-10-11-7-6-8-13-9-11/h6-9H,4-5,10H2,1-3H3. The van der Waals surface area contributed by atoms with Crippen molar-refractivity contribution in [3.63, 3.8) is 0 Å². The summed E-state index contributed by atoms with van der Waals surface area (Å²) in [5, 5.41) is 1.11. The van der Waals surface area contributed by atoms with Gasteiger partial charge in [0.2, 0.25) is 0 Å². The van der Waals surface area contributed by atoms with E-state index in [1.54, 1.807) is 18.0 Å². The van der Waals surface area contributed by atoms with Crippen molar-refractivity contribution in [3.8, 4) is 0 Å². The number of nitrogens with zero attached hydrogens (tertiary/aromatic N) is 3. The van der Waals surface area contributed by atoms with Crippen LogP contribution in [-0.4, -0.2) is 34.4 Å². The minimum atomic E-state index is 0.709. The molecule has 4 heteroatoms. The predicted molar refractivity (Wildman–Crippen MR) is 71.8 cm³/mol.